The highest BCUT2D eigenvalue weighted by molar-refractivity contribution is 6.22. The molecule has 4 rings (SSSR count). The summed E-state index contributed by atoms with van der Waals surface area (Å²) in [6, 6.07) is 16.4. The Bertz CT molecular complexity index is 1180. The zero-order valence-corrected chi connectivity index (χ0v) is 19.8. The average Bonchev–Trinajstić information content (AvgIpc) is 3.08. The Morgan fingerprint density at radius 3 is 2.46 bits per heavy atom. The number of benzene rings is 2. The maximum atomic E-state index is 13.4. The fraction of sp³-hybridized carbons (Fsp3) is 0.259. The predicted octanol–water partition coefficient (Wildman–Crippen LogP) is 4.55. The summed E-state index contributed by atoms with van der Waals surface area (Å²) in [5.74, 6) is -0.0701. The second kappa shape index (κ2) is 10.8. The van der Waals surface area contributed by atoms with E-state index >= 15 is 0 Å². The number of urea groups is 1. The maximum Gasteiger partial charge on any atom is 0.332 e. The number of hydrogen-bond acceptors (Lipinski definition) is 5. The number of nitrogens with one attached hydrogen (secondary N) is 1. The van der Waals surface area contributed by atoms with Crippen molar-refractivity contribution >= 4 is 29.2 Å². The van der Waals surface area contributed by atoms with Gasteiger partial charge in [0.2, 0.25) is 5.91 Å². The summed E-state index contributed by atoms with van der Waals surface area (Å²) in [6.07, 6.45) is 4.03. The van der Waals surface area contributed by atoms with Crippen molar-refractivity contribution in [3.8, 4) is 5.75 Å². The SMILES string of the molecule is CCCOc1ccc(NC(=O)C[C@H]2C(=O)N(c3ccc(C)cc3)C(=O)N2Cc2cccnc2)cc1. The molecule has 0 radical (unpaired) electrons. The van der Waals surface area contributed by atoms with Crippen LogP contribution in [-0.4, -0.2) is 40.4 Å². The first kappa shape index (κ1) is 23.9. The van der Waals surface area contributed by atoms with Crippen LogP contribution in [0.1, 0.15) is 30.9 Å². The van der Waals surface area contributed by atoms with Gasteiger partial charge in [0.25, 0.3) is 5.91 Å². The summed E-state index contributed by atoms with van der Waals surface area (Å²) >= 11 is 0. The first-order valence-corrected chi connectivity index (χ1v) is 11.6. The fourth-order valence-electron chi connectivity index (χ4n) is 3.88. The Kier molecular flexibility index (Phi) is 7.40. The van der Waals surface area contributed by atoms with Crippen molar-refractivity contribution in [2.45, 2.75) is 39.3 Å². The molecule has 1 fully saturated rings. The number of nitrogens with zero attached hydrogens (tertiary/aromatic N) is 3. The van der Waals surface area contributed by atoms with Crippen LogP contribution in [0, 0.1) is 6.92 Å². The van der Waals surface area contributed by atoms with Crippen LogP contribution in [-0.2, 0) is 16.1 Å². The van der Waals surface area contributed by atoms with Crippen LogP contribution >= 0.6 is 0 Å². The Labute approximate surface area is 204 Å². The first-order valence-electron chi connectivity index (χ1n) is 11.6. The lowest BCUT2D eigenvalue weighted by Crippen LogP contribution is -2.37. The van der Waals surface area contributed by atoms with Gasteiger partial charge in [0.1, 0.15) is 11.8 Å². The standard InChI is InChI=1S/C27H28N4O4/c1-3-15-35-23-12-8-21(9-13-23)29-25(32)16-24-26(33)31(22-10-6-19(2)7-11-22)27(34)30(24)18-20-5-4-14-28-17-20/h4-14,17,24H,3,15-16,18H2,1-2H3,(H,29,32)/t24-/m0/s1. The Morgan fingerprint density at radius 1 is 1.06 bits per heavy atom. The van der Waals surface area contributed by atoms with E-state index < -0.39 is 18.0 Å². The lowest BCUT2D eigenvalue weighted by atomic mass is 10.1. The monoisotopic (exact) mass is 472 g/mol. The number of carbonyl (C=O) groups is 3. The highest BCUT2D eigenvalue weighted by Crippen LogP contribution is 2.29. The third-order valence-corrected chi connectivity index (χ3v) is 5.68. The second-order valence-corrected chi connectivity index (χ2v) is 8.42. The Hall–Kier alpha value is -4.20. The number of aryl methyl sites for hydroxylation is 1. The van der Waals surface area contributed by atoms with E-state index in [9.17, 15) is 14.4 Å². The second-order valence-electron chi connectivity index (χ2n) is 8.42. The van der Waals surface area contributed by atoms with E-state index in [0.717, 1.165) is 28.2 Å². The zero-order chi connectivity index (χ0) is 24.8. The van der Waals surface area contributed by atoms with Gasteiger partial charge in [0.15, 0.2) is 0 Å². The minimum absolute atomic E-state index is 0.165. The molecule has 1 saturated heterocycles. The predicted molar refractivity (Wildman–Crippen MR) is 133 cm³/mol. The summed E-state index contributed by atoms with van der Waals surface area (Å²) < 4.78 is 5.57. The molecule has 4 amide bonds. The van der Waals surface area contributed by atoms with Crippen molar-refractivity contribution in [3.63, 3.8) is 0 Å². The highest BCUT2D eigenvalue weighted by atomic mass is 16.5. The lowest BCUT2D eigenvalue weighted by Gasteiger charge is -2.21. The van der Waals surface area contributed by atoms with E-state index in [1.807, 2.05) is 32.0 Å². The van der Waals surface area contributed by atoms with Crippen molar-refractivity contribution in [2.75, 3.05) is 16.8 Å². The van der Waals surface area contributed by atoms with Gasteiger partial charge in [-0.2, -0.15) is 0 Å². The summed E-state index contributed by atoms with van der Waals surface area (Å²) in [4.78, 5) is 46.3. The van der Waals surface area contributed by atoms with Gasteiger partial charge in [-0.3, -0.25) is 14.6 Å². The molecular weight excluding hydrogens is 444 g/mol. The molecule has 180 valence electrons. The summed E-state index contributed by atoms with van der Waals surface area (Å²) in [7, 11) is 0. The van der Waals surface area contributed by atoms with Crippen molar-refractivity contribution < 1.29 is 19.1 Å². The minimum atomic E-state index is -0.934. The molecule has 1 N–H and O–H groups in total. The first-order chi connectivity index (χ1) is 17.0. The molecule has 0 bridgehead atoms. The van der Waals surface area contributed by atoms with Crippen molar-refractivity contribution in [2.24, 2.45) is 0 Å². The topological polar surface area (TPSA) is 91.8 Å². The van der Waals surface area contributed by atoms with E-state index in [0.29, 0.717) is 18.0 Å². The van der Waals surface area contributed by atoms with E-state index in [1.165, 1.54) is 4.90 Å². The summed E-state index contributed by atoms with van der Waals surface area (Å²) in [5.41, 5.74) is 2.85. The van der Waals surface area contributed by atoms with Gasteiger partial charge < -0.3 is 15.0 Å². The summed E-state index contributed by atoms with van der Waals surface area (Å²) in [5, 5.41) is 2.82. The molecule has 1 aliphatic rings. The molecule has 3 aromatic rings. The van der Waals surface area contributed by atoms with Gasteiger partial charge in [-0.25, -0.2) is 9.69 Å². The minimum Gasteiger partial charge on any atom is -0.494 e. The van der Waals surface area contributed by atoms with E-state index in [1.54, 1.807) is 54.9 Å². The molecule has 0 saturated carbocycles. The maximum absolute atomic E-state index is 13.4. The fourth-order valence-corrected chi connectivity index (χ4v) is 3.88. The number of rotatable bonds is 9. The third-order valence-electron chi connectivity index (χ3n) is 5.68. The molecular formula is C27H28N4O4. The molecule has 2 aromatic carbocycles. The van der Waals surface area contributed by atoms with Crippen LogP contribution in [0.3, 0.4) is 0 Å². The van der Waals surface area contributed by atoms with E-state index in [2.05, 4.69) is 10.3 Å². The quantitative estimate of drug-likeness (QED) is 0.462. The third kappa shape index (κ3) is 5.66. The molecule has 8 nitrogen and oxygen atoms in total. The molecule has 1 aromatic heterocycles. The van der Waals surface area contributed by atoms with Gasteiger partial charge >= 0.3 is 6.03 Å². The van der Waals surface area contributed by atoms with Crippen LogP contribution in [0.25, 0.3) is 0 Å². The molecule has 35 heavy (non-hydrogen) atoms. The largest absolute Gasteiger partial charge is 0.494 e. The van der Waals surface area contributed by atoms with Gasteiger partial charge in [0.05, 0.1) is 18.7 Å². The number of ether oxygens (including phenoxy) is 1. The molecule has 1 aliphatic heterocycles. The molecule has 0 unspecified atom stereocenters. The van der Waals surface area contributed by atoms with Crippen molar-refractivity contribution in [1.82, 2.24) is 9.88 Å². The number of carbonyl (C=O) groups excluding carboxylic acids is 3. The van der Waals surface area contributed by atoms with Crippen LogP contribution in [0.4, 0.5) is 16.2 Å². The number of hydrogen-bond donors (Lipinski definition) is 1. The molecule has 1 atom stereocenters. The van der Waals surface area contributed by atoms with Gasteiger partial charge in [-0.15, -0.1) is 0 Å². The number of aromatic nitrogens is 1. The summed E-state index contributed by atoms with van der Waals surface area (Å²) in [6.45, 7) is 4.75. The lowest BCUT2D eigenvalue weighted by molar-refractivity contribution is -0.124. The number of amides is 4. The van der Waals surface area contributed by atoms with Crippen LogP contribution in [0.15, 0.2) is 73.1 Å². The van der Waals surface area contributed by atoms with Crippen molar-refractivity contribution in [3.05, 3.63) is 84.2 Å². The van der Waals surface area contributed by atoms with Crippen LogP contribution in [0.5, 0.6) is 5.75 Å². The number of anilines is 2. The number of imide groups is 1. The highest BCUT2D eigenvalue weighted by Gasteiger charge is 2.46. The van der Waals surface area contributed by atoms with E-state index in [4.69, 9.17) is 4.74 Å². The molecule has 2 heterocycles. The van der Waals surface area contributed by atoms with Gasteiger partial charge in [-0.05, 0) is 61.4 Å². The molecule has 8 heteroatoms. The van der Waals surface area contributed by atoms with Gasteiger partial charge in [-0.1, -0.05) is 30.7 Å². The normalized spacial score (nSPS) is 15.4. The Balaban J connectivity index is 1.52. The van der Waals surface area contributed by atoms with Crippen LogP contribution < -0.4 is 15.0 Å². The van der Waals surface area contributed by atoms with E-state index in [-0.39, 0.29) is 18.9 Å². The average molecular weight is 473 g/mol. The smallest absolute Gasteiger partial charge is 0.332 e. The number of pyridine rings is 1. The molecule has 0 aliphatic carbocycles. The Morgan fingerprint density at radius 2 is 1.80 bits per heavy atom. The van der Waals surface area contributed by atoms with Crippen LogP contribution in [0.2, 0.25) is 0 Å². The van der Waals surface area contributed by atoms with Crippen molar-refractivity contribution in [1.29, 1.82) is 0 Å². The van der Waals surface area contributed by atoms with Gasteiger partial charge in [0, 0.05) is 24.6 Å². The zero-order valence-electron chi connectivity index (χ0n) is 19.8. The molecule has 0 spiro atoms.